The highest BCUT2D eigenvalue weighted by molar-refractivity contribution is 5.87. The van der Waals surface area contributed by atoms with E-state index in [-0.39, 0.29) is 11.6 Å². The van der Waals surface area contributed by atoms with Crippen molar-refractivity contribution in [2.75, 3.05) is 0 Å². The van der Waals surface area contributed by atoms with E-state index < -0.39 is 0 Å². The predicted molar refractivity (Wildman–Crippen MR) is 90.6 cm³/mol. The molecule has 0 aromatic heterocycles. The van der Waals surface area contributed by atoms with E-state index in [1.165, 1.54) is 12.8 Å². The standard InChI is InChI=1S/C11H18O2.C8H8O/c1-4-11(7-5-6-8-11)13-10(12)9(2)3;1-2-7-3-5-8(9)6-4-7/h2,4-8H2,1,3H3;2-6,9H,1H2. The quantitative estimate of drug-likeness (QED) is 0.638. The van der Waals surface area contributed by atoms with Crippen LogP contribution in [-0.2, 0) is 9.53 Å². The van der Waals surface area contributed by atoms with Crippen molar-refractivity contribution in [3.63, 3.8) is 0 Å². The first-order chi connectivity index (χ1) is 10.4. The van der Waals surface area contributed by atoms with E-state index in [2.05, 4.69) is 20.1 Å². The maximum absolute atomic E-state index is 11.3. The molecule has 1 aliphatic rings. The monoisotopic (exact) mass is 302 g/mol. The van der Waals surface area contributed by atoms with Crippen molar-refractivity contribution < 1.29 is 14.6 Å². The summed E-state index contributed by atoms with van der Waals surface area (Å²) in [6.07, 6.45) is 7.05. The third-order valence-corrected chi connectivity index (χ3v) is 3.95. The van der Waals surface area contributed by atoms with Crippen LogP contribution in [0.3, 0.4) is 0 Å². The summed E-state index contributed by atoms with van der Waals surface area (Å²) in [7, 11) is 0. The van der Waals surface area contributed by atoms with Crippen LogP contribution in [0.2, 0.25) is 0 Å². The fraction of sp³-hybridized carbons (Fsp3) is 0.421. The summed E-state index contributed by atoms with van der Waals surface area (Å²) >= 11 is 0. The second-order valence-corrected chi connectivity index (χ2v) is 5.71. The lowest BCUT2D eigenvalue weighted by Crippen LogP contribution is -2.31. The van der Waals surface area contributed by atoms with Gasteiger partial charge in [0.1, 0.15) is 11.4 Å². The van der Waals surface area contributed by atoms with E-state index in [4.69, 9.17) is 9.84 Å². The number of hydrogen-bond donors (Lipinski definition) is 1. The van der Waals surface area contributed by atoms with Gasteiger partial charge in [-0.1, -0.05) is 38.3 Å². The van der Waals surface area contributed by atoms with Crippen molar-refractivity contribution >= 4 is 12.0 Å². The maximum Gasteiger partial charge on any atom is 0.333 e. The van der Waals surface area contributed by atoms with Crippen molar-refractivity contribution in [3.8, 4) is 5.75 Å². The molecule has 0 bridgehead atoms. The molecule has 0 amide bonds. The molecule has 1 aromatic carbocycles. The normalized spacial score (nSPS) is 15.4. The molecule has 1 fully saturated rings. The second-order valence-electron chi connectivity index (χ2n) is 5.71. The minimum absolute atomic E-state index is 0.171. The van der Waals surface area contributed by atoms with Crippen molar-refractivity contribution in [1.82, 2.24) is 0 Å². The topological polar surface area (TPSA) is 46.5 Å². The highest BCUT2D eigenvalue weighted by atomic mass is 16.6. The zero-order valence-electron chi connectivity index (χ0n) is 13.6. The first-order valence-electron chi connectivity index (χ1n) is 7.73. The molecule has 22 heavy (non-hydrogen) atoms. The number of phenolic OH excluding ortho intramolecular Hbond substituents is 1. The fourth-order valence-electron chi connectivity index (χ4n) is 2.44. The van der Waals surface area contributed by atoms with Gasteiger partial charge >= 0.3 is 5.97 Å². The molecule has 0 atom stereocenters. The molecule has 1 saturated carbocycles. The number of ether oxygens (including phenoxy) is 1. The van der Waals surface area contributed by atoms with Gasteiger partial charge in [-0.05, 0) is 56.7 Å². The molecule has 1 N–H and O–H groups in total. The first kappa shape index (κ1) is 18.0. The van der Waals surface area contributed by atoms with Gasteiger partial charge in [-0.25, -0.2) is 4.79 Å². The van der Waals surface area contributed by atoms with E-state index >= 15 is 0 Å². The predicted octanol–water partition coefficient (Wildman–Crippen LogP) is 4.86. The molecule has 0 saturated heterocycles. The van der Waals surface area contributed by atoms with Gasteiger partial charge in [0.05, 0.1) is 0 Å². The molecule has 120 valence electrons. The van der Waals surface area contributed by atoms with Crippen LogP contribution >= 0.6 is 0 Å². The van der Waals surface area contributed by atoms with E-state index in [9.17, 15) is 4.79 Å². The van der Waals surface area contributed by atoms with Crippen LogP contribution in [0, 0.1) is 0 Å². The minimum atomic E-state index is -0.233. The van der Waals surface area contributed by atoms with E-state index in [1.54, 1.807) is 25.1 Å². The van der Waals surface area contributed by atoms with Gasteiger partial charge in [-0.3, -0.25) is 0 Å². The van der Waals surface area contributed by atoms with E-state index in [0.717, 1.165) is 24.8 Å². The molecule has 1 aromatic rings. The number of carbonyl (C=O) groups is 1. The van der Waals surface area contributed by atoms with Crippen molar-refractivity contribution in [1.29, 1.82) is 0 Å². The van der Waals surface area contributed by atoms with Crippen LogP contribution in [0.25, 0.3) is 6.08 Å². The summed E-state index contributed by atoms with van der Waals surface area (Å²) < 4.78 is 5.47. The molecule has 0 aliphatic heterocycles. The van der Waals surface area contributed by atoms with Gasteiger partial charge < -0.3 is 9.84 Å². The molecule has 2 rings (SSSR count). The minimum Gasteiger partial charge on any atom is -0.508 e. The Morgan fingerprint density at radius 3 is 2.27 bits per heavy atom. The van der Waals surface area contributed by atoms with Crippen LogP contribution in [0.15, 0.2) is 43.0 Å². The zero-order chi connectivity index (χ0) is 16.6. The second kappa shape index (κ2) is 8.42. The summed E-state index contributed by atoms with van der Waals surface area (Å²) in [5, 5.41) is 8.82. The number of benzene rings is 1. The lowest BCUT2D eigenvalue weighted by atomic mass is 9.99. The van der Waals surface area contributed by atoms with Gasteiger partial charge in [0, 0.05) is 5.57 Å². The van der Waals surface area contributed by atoms with Gasteiger partial charge in [0.15, 0.2) is 0 Å². The average Bonchev–Trinajstić information content (AvgIpc) is 2.97. The number of esters is 1. The summed E-state index contributed by atoms with van der Waals surface area (Å²) in [5.41, 5.74) is 1.35. The number of phenols is 1. The van der Waals surface area contributed by atoms with Gasteiger partial charge in [0.25, 0.3) is 0 Å². The SMILES string of the molecule is C=C(C)C(=O)OC1(CC)CCCC1.C=Cc1ccc(O)cc1. The Hall–Kier alpha value is -2.03. The molecular weight excluding hydrogens is 276 g/mol. The summed E-state index contributed by atoms with van der Waals surface area (Å²) in [6.45, 7) is 10.9. The van der Waals surface area contributed by atoms with E-state index in [1.807, 2.05) is 12.1 Å². The molecule has 0 radical (unpaired) electrons. The summed E-state index contributed by atoms with van der Waals surface area (Å²) in [6, 6.07) is 6.89. The Morgan fingerprint density at radius 1 is 1.32 bits per heavy atom. The number of carbonyl (C=O) groups excluding carboxylic acids is 1. The Balaban J connectivity index is 0.000000235. The molecule has 3 nitrogen and oxygen atoms in total. The Bertz CT molecular complexity index is 508. The molecular formula is C19H26O3. The lowest BCUT2D eigenvalue weighted by molar-refractivity contribution is -0.154. The molecule has 0 unspecified atom stereocenters. The first-order valence-corrected chi connectivity index (χ1v) is 7.73. The smallest absolute Gasteiger partial charge is 0.333 e. The van der Waals surface area contributed by atoms with Crippen molar-refractivity contribution in [2.24, 2.45) is 0 Å². The molecule has 1 aliphatic carbocycles. The average molecular weight is 302 g/mol. The maximum atomic E-state index is 11.3. The molecule has 3 heteroatoms. The molecule has 0 heterocycles. The summed E-state index contributed by atoms with van der Waals surface area (Å²) in [5.74, 6) is 0.0596. The van der Waals surface area contributed by atoms with Crippen LogP contribution in [0.1, 0.15) is 51.5 Å². The largest absolute Gasteiger partial charge is 0.508 e. The van der Waals surface area contributed by atoms with Crippen LogP contribution in [0.4, 0.5) is 0 Å². The van der Waals surface area contributed by atoms with E-state index in [0.29, 0.717) is 11.3 Å². The van der Waals surface area contributed by atoms with Crippen molar-refractivity contribution in [3.05, 3.63) is 48.6 Å². The van der Waals surface area contributed by atoms with Crippen LogP contribution in [-0.4, -0.2) is 16.7 Å². The van der Waals surface area contributed by atoms with Crippen LogP contribution in [0.5, 0.6) is 5.75 Å². The zero-order valence-corrected chi connectivity index (χ0v) is 13.6. The lowest BCUT2D eigenvalue weighted by Gasteiger charge is -2.27. The summed E-state index contributed by atoms with van der Waals surface area (Å²) in [4.78, 5) is 11.3. The Morgan fingerprint density at radius 2 is 1.86 bits per heavy atom. The highest BCUT2D eigenvalue weighted by Crippen LogP contribution is 2.36. The third kappa shape index (κ3) is 5.40. The van der Waals surface area contributed by atoms with Gasteiger partial charge in [-0.15, -0.1) is 0 Å². The third-order valence-electron chi connectivity index (χ3n) is 3.95. The van der Waals surface area contributed by atoms with Gasteiger partial charge in [0.2, 0.25) is 0 Å². The number of rotatable bonds is 4. The van der Waals surface area contributed by atoms with Crippen molar-refractivity contribution in [2.45, 2.75) is 51.6 Å². The Kier molecular flexibility index (Phi) is 6.90. The number of aromatic hydroxyl groups is 1. The Labute approximate surface area is 133 Å². The molecule has 0 spiro atoms. The van der Waals surface area contributed by atoms with Crippen LogP contribution < -0.4 is 0 Å². The van der Waals surface area contributed by atoms with Gasteiger partial charge in [-0.2, -0.15) is 0 Å². The number of hydrogen-bond acceptors (Lipinski definition) is 3. The fourth-order valence-corrected chi connectivity index (χ4v) is 2.44. The highest BCUT2D eigenvalue weighted by Gasteiger charge is 2.35.